The van der Waals surface area contributed by atoms with Crippen molar-refractivity contribution in [1.82, 2.24) is 9.55 Å². The van der Waals surface area contributed by atoms with Gasteiger partial charge in [-0.1, -0.05) is 0 Å². The van der Waals surface area contributed by atoms with Gasteiger partial charge in [-0.2, -0.15) is 0 Å². The van der Waals surface area contributed by atoms with E-state index in [1.165, 1.54) is 0 Å². The molecule has 3 nitrogen and oxygen atoms in total. The van der Waals surface area contributed by atoms with Gasteiger partial charge >= 0.3 is 0 Å². The molecule has 0 aliphatic heterocycles. The van der Waals surface area contributed by atoms with Gasteiger partial charge in [0.15, 0.2) is 0 Å². The molecule has 0 radical (unpaired) electrons. The molecule has 0 bridgehead atoms. The van der Waals surface area contributed by atoms with Crippen LogP contribution in [-0.4, -0.2) is 9.55 Å². The molecule has 1 aromatic rings. The standard InChI is InChI=1S/C10H11IN2O/c1-3-4-5-6-13-7-12-8(2)9(11)10(13)14/h7H,5-6H2,1-2H3. The van der Waals surface area contributed by atoms with E-state index in [2.05, 4.69) is 16.8 Å². The van der Waals surface area contributed by atoms with Crippen LogP contribution in [0.25, 0.3) is 0 Å². The fourth-order valence-electron chi connectivity index (χ4n) is 1.01. The summed E-state index contributed by atoms with van der Waals surface area (Å²) in [6.07, 6.45) is 2.27. The van der Waals surface area contributed by atoms with Crippen LogP contribution >= 0.6 is 22.6 Å². The molecule has 1 aromatic heterocycles. The Hall–Kier alpha value is -0.830. The van der Waals surface area contributed by atoms with Crippen LogP contribution in [0.15, 0.2) is 11.1 Å². The lowest BCUT2D eigenvalue weighted by Gasteiger charge is -2.03. The van der Waals surface area contributed by atoms with E-state index in [0.29, 0.717) is 16.5 Å². The van der Waals surface area contributed by atoms with Gasteiger partial charge in [0.1, 0.15) is 0 Å². The van der Waals surface area contributed by atoms with Gasteiger partial charge in [0.2, 0.25) is 0 Å². The van der Waals surface area contributed by atoms with Gasteiger partial charge in [-0.3, -0.25) is 9.36 Å². The Kier molecular flexibility index (Phi) is 4.14. The first-order valence-electron chi connectivity index (χ1n) is 4.28. The summed E-state index contributed by atoms with van der Waals surface area (Å²) in [5.41, 5.74) is 0.810. The highest BCUT2D eigenvalue weighted by Crippen LogP contribution is 2.01. The Morgan fingerprint density at radius 3 is 3.00 bits per heavy atom. The normalized spacial score (nSPS) is 9.36. The molecule has 74 valence electrons. The third kappa shape index (κ3) is 2.58. The van der Waals surface area contributed by atoms with Crippen LogP contribution < -0.4 is 5.56 Å². The average Bonchev–Trinajstić information content (AvgIpc) is 2.18. The van der Waals surface area contributed by atoms with Gasteiger partial charge in [-0.05, 0) is 36.4 Å². The topological polar surface area (TPSA) is 34.9 Å². The lowest BCUT2D eigenvalue weighted by Crippen LogP contribution is -2.24. The van der Waals surface area contributed by atoms with E-state index in [4.69, 9.17) is 0 Å². The lowest BCUT2D eigenvalue weighted by molar-refractivity contribution is 0.664. The summed E-state index contributed by atoms with van der Waals surface area (Å²) in [6, 6.07) is 0. The molecule has 0 amide bonds. The number of hydrogen-bond acceptors (Lipinski definition) is 2. The maximum atomic E-state index is 11.7. The molecule has 0 atom stereocenters. The molecule has 0 N–H and O–H groups in total. The van der Waals surface area contributed by atoms with E-state index in [1.807, 2.05) is 29.5 Å². The minimum atomic E-state index is 0.0241. The first-order chi connectivity index (χ1) is 6.66. The molecule has 0 unspecified atom stereocenters. The summed E-state index contributed by atoms with van der Waals surface area (Å²) in [4.78, 5) is 15.8. The van der Waals surface area contributed by atoms with Crippen molar-refractivity contribution in [2.75, 3.05) is 0 Å². The molecule has 0 spiro atoms. The van der Waals surface area contributed by atoms with Gasteiger partial charge in [-0.25, -0.2) is 4.98 Å². The van der Waals surface area contributed by atoms with Gasteiger partial charge in [0, 0.05) is 13.0 Å². The van der Waals surface area contributed by atoms with Crippen molar-refractivity contribution < 1.29 is 0 Å². The quantitative estimate of drug-likeness (QED) is 0.614. The first kappa shape index (κ1) is 11.2. The number of aromatic nitrogens is 2. The molecule has 0 fully saturated rings. The maximum absolute atomic E-state index is 11.7. The summed E-state index contributed by atoms with van der Waals surface area (Å²) in [7, 11) is 0. The Morgan fingerprint density at radius 2 is 2.36 bits per heavy atom. The molecule has 0 aromatic carbocycles. The predicted octanol–water partition coefficient (Wildman–Crippen LogP) is 1.57. The molecule has 4 heteroatoms. The fraction of sp³-hybridized carbons (Fsp3) is 0.400. The van der Waals surface area contributed by atoms with E-state index >= 15 is 0 Å². The summed E-state index contributed by atoms with van der Waals surface area (Å²) in [6.45, 7) is 4.24. The molecule has 0 aliphatic rings. The Bertz CT molecular complexity index is 440. The smallest absolute Gasteiger partial charge is 0.267 e. The van der Waals surface area contributed by atoms with Gasteiger partial charge in [0.25, 0.3) is 5.56 Å². The molecular formula is C10H11IN2O. The molecule has 1 rings (SSSR count). The number of aryl methyl sites for hydroxylation is 2. The number of halogens is 1. The second-order valence-electron chi connectivity index (χ2n) is 2.82. The van der Waals surface area contributed by atoms with Crippen molar-refractivity contribution in [1.29, 1.82) is 0 Å². The van der Waals surface area contributed by atoms with E-state index in [9.17, 15) is 4.79 Å². The Labute approximate surface area is 96.7 Å². The highest BCUT2D eigenvalue weighted by Gasteiger charge is 2.03. The number of hydrogen-bond donors (Lipinski definition) is 0. The van der Waals surface area contributed by atoms with E-state index in [1.54, 1.807) is 17.8 Å². The van der Waals surface area contributed by atoms with Crippen LogP contribution in [0.2, 0.25) is 0 Å². The van der Waals surface area contributed by atoms with Crippen molar-refractivity contribution in [3.8, 4) is 11.8 Å². The first-order valence-corrected chi connectivity index (χ1v) is 5.36. The Balaban J connectivity index is 2.93. The summed E-state index contributed by atoms with van der Waals surface area (Å²) >= 11 is 2.02. The fourth-order valence-corrected chi connectivity index (χ4v) is 1.46. The van der Waals surface area contributed by atoms with Crippen LogP contribution in [0.5, 0.6) is 0 Å². The van der Waals surface area contributed by atoms with Crippen molar-refractivity contribution in [3.63, 3.8) is 0 Å². The van der Waals surface area contributed by atoms with Crippen LogP contribution in [-0.2, 0) is 6.54 Å². The second-order valence-corrected chi connectivity index (χ2v) is 3.90. The Morgan fingerprint density at radius 1 is 1.64 bits per heavy atom. The van der Waals surface area contributed by atoms with Crippen LogP contribution in [0.3, 0.4) is 0 Å². The molecular weight excluding hydrogens is 291 g/mol. The van der Waals surface area contributed by atoms with Crippen molar-refractivity contribution in [3.05, 3.63) is 25.9 Å². The molecule has 1 heterocycles. The average molecular weight is 302 g/mol. The minimum absolute atomic E-state index is 0.0241. The largest absolute Gasteiger partial charge is 0.297 e. The van der Waals surface area contributed by atoms with Gasteiger partial charge in [0.05, 0.1) is 15.6 Å². The third-order valence-electron chi connectivity index (χ3n) is 1.81. The lowest BCUT2D eigenvalue weighted by atomic mass is 10.4. The van der Waals surface area contributed by atoms with Crippen LogP contribution in [0.4, 0.5) is 0 Å². The summed E-state index contributed by atoms with van der Waals surface area (Å²) < 4.78 is 2.29. The monoisotopic (exact) mass is 302 g/mol. The zero-order valence-electron chi connectivity index (χ0n) is 8.17. The van der Waals surface area contributed by atoms with Gasteiger partial charge in [-0.15, -0.1) is 11.8 Å². The zero-order chi connectivity index (χ0) is 10.6. The number of nitrogens with zero attached hydrogens (tertiary/aromatic N) is 2. The molecule has 14 heavy (non-hydrogen) atoms. The van der Waals surface area contributed by atoms with E-state index in [-0.39, 0.29) is 5.56 Å². The van der Waals surface area contributed by atoms with Crippen molar-refractivity contribution in [2.45, 2.75) is 26.8 Å². The third-order valence-corrected chi connectivity index (χ3v) is 3.05. The highest BCUT2D eigenvalue weighted by atomic mass is 127. The minimum Gasteiger partial charge on any atom is -0.297 e. The van der Waals surface area contributed by atoms with Crippen molar-refractivity contribution >= 4 is 22.6 Å². The van der Waals surface area contributed by atoms with Crippen molar-refractivity contribution in [2.24, 2.45) is 0 Å². The number of rotatable bonds is 2. The van der Waals surface area contributed by atoms with Gasteiger partial charge < -0.3 is 0 Å². The van der Waals surface area contributed by atoms with Crippen LogP contribution in [0, 0.1) is 22.3 Å². The highest BCUT2D eigenvalue weighted by molar-refractivity contribution is 14.1. The second kappa shape index (κ2) is 5.15. The SMILES string of the molecule is CC#CCCn1cnc(C)c(I)c1=O. The van der Waals surface area contributed by atoms with E-state index in [0.717, 1.165) is 5.69 Å². The maximum Gasteiger partial charge on any atom is 0.267 e. The molecule has 0 saturated heterocycles. The predicted molar refractivity (Wildman–Crippen MR) is 64.0 cm³/mol. The van der Waals surface area contributed by atoms with Crippen LogP contribution in [0.1, 0.15) is 19.0 Å². The molecule has 0 aliphatic carbocycles. The summed E-state index contributed by atoms with van der Waals surface area (Å²) in [5, 5.41) is 0. The zero-order valence-corrected chi connectivity index (χ0v) is 10.3. The summed E-state index contributed by atoms with van der Waals surface area (Å²) in [5.74, 6) is 5.71. The molecule has 0 saturated carbocycles. The van der Waals surface area contributed by atoms with E-state index < -0.39 is 0 Å².